The van der Waals surface area contributed by atoms with Gasteiger partial charge in [0.2, 0.25) is 5.89 Å². The minimum absolute atomic E-state index is 0.148. The second-order valence-electron chi connectivity index (χ2n) is 6.07. The topological polar surface area (TPSA) is 74.5 Å². The number of halogens is 1. The Labute approximate surface area is 155 Å². The predicted molar refractivity (Wildman–Crippen MR) is 95.6 cm³/mol. The normalized spacial score (nSPS) is 11.9. The van der Waals surface area contributed by atoms with Crippen molar-refractivity contribution in [2.75, 3.05) is 6.61 Å². The van der Waals surface area contributed by atoms with Crippen molar-refractivity contribution in [3.63, 3.8) is 0 Å². The van der Waals surface area contributed by atoms with Crippen LogP contribution >= 0.6 is 0 Å². The Morgan fingerprint density at radius 2 is 1.89 bits per heavy atom. The molecule has 140 valence electrons. The van der Waals surface area contributed by atoms with E-state index < -0.39 is 12.1 Å². The third-order valence-electron chi connectivity index (χ3n) is 4.09. The van der Waals surface area contributed by atoms with Crippen LogP contribution in [0.25, 0.3) is 11.5 Å². The monoisotopic (exact) mass is 370 g/mol. The van der Waals surface area contributed by atoms with Crippen LogP contribution in [0.5, 0.6) is 5.75 Å². The quantitative estimate of drug-likeness (QED) is 0.606. The maximum absolute atomic E-state index is 13.0. The molecule has 2 aromatic carbocycles. The van der Waals surface area contributed by atoms with Crippen LogP contribution in [0.4, 0.5) is 4.39 Å². The Kier molecular flexibility index (Phi) is 5.49. The van der Waals surface area contributed by atoms with Gasteiger partial charge in [-0.05, 0) is 62.2 Å². The largest absolute Gasteiger partial charge is 0.482 e. The molecule has 0 unspecified atom stereocenters. The molecule has 0 aliphatic heterocycles. The minimum atomic E-state index is -0.735. The number of esters is 1. The second kappa shape index (κ2) is 7.99. The molecule has 7 heteroatoms. The minimum Gasteiger partial charge on any atom is -0.482 e. The van der Waals surface area contributed by atoms with E-state index in [1.165, 1.54) is 24.3 Å². The van der Waals surface area contributed by atoms with Gasteiger partial charge >= 0.3 is 5.97 Å². The fourth-order valence-electron chi connectivity index (χ4n) is 2.41. The van der Waals surface area contributed by atoms with E-state index in [9.17, 15) is 9.18 Å². The molecule has 0 aliphatic carbocycles. The fourth-order valence-corrected chi connectivity index (χ4v) is 2.41. The molecule has 1 aromatic heterocycles. The zero-order valence-electron chi connectivity index (χ0n) is 15.2. The Hall–Kier alpha value is -3.22. The molecule has 3 aromatic rings. The van der Waals surface area contributed by atoms with Gasteiger partial charge in [0.25, 0.3) is 5.89 Å². The second-order valence-corrected chi connectivity index (χ2v) is 6.07. The lowest BCUT2D eigenvalue weighted by Crippen LogP contribution is -2.17. The van der Waals surface area contributed by atoms with Crippen LogP contribution in [-0.2, 0) is 9.53 Å². The molecular weight excluding hydrogens is 351 g/mol. The summed E-state index contributed by atoms with van der Waals surface area (Å²) >= 11 is 0. The van der Waals surface area contributed by atoms with Crippen molar-refractivity contribution in [1.29, 1.82) is 0 Å². The summed E-state index contributed by atoms with van der Waals surface area (Å²) in [5.74, 6) is 0.0968. The van der Waals surface area contributed by atoms with E-state index in [2.05, 4.69) is 10.2 Å². The number of hydrogen-bond acceptors (Lipinski definition) is 6. The van der Waals surface area contributed by atoms with E-state index in [0.717, 1.165) is 11.1 Å². The molecule has 0 saturated carbocycles. The molecule has 0 saturated heterocycles. The van der Waals surface area contributed by atoms with Gasteiger partial charge in [0.05, 0.1) is 0 Å². The standard InChI is InChI=1S/C20H19FN2O4/c1-12-5-4-6-17(13(12)2)25-11-18(24)26-14(3)19-22-23-20(27-19)15-7-9-16(21)10-8-15/h4-10,14H,11H2,1-3H3/t14-/m1/s1. The van der Waals surface area contributed by atoms with E-state index in [1.807, 2.05) is 26.0 Å². The molecule has 1 heterocycles. The van der Waals surface area contributed by atoms with E-state index in [-0.39, 0.29) is 24.2 Å². The van der Waals surface area contributed by atoms with Gasteiger partial charge in [0.15, 0.2) is 12.7 Å². The SMILES string of the molecule is Cc1cccc(OCC(=O)O[C@H](C)c2nnc(-c3ccc(F)cc3)o2)c1C. The van der Waals surface area contributed by atoms with E-state index >= 15 is 0 Å². The Balaban J connectivity index is 1.58. The molecule has 0 aliphatic rings. The molecule has 0 bridgehead atoms. The van der Waals surface area contributed by atoms with Crippen molar-refractivity contribution in [3.05, 3.63) is 65.3 Å². The first-order valence-corrected chi connectivity index (χ1v) is 8.42. The van der Waals surface area contributed by atoms with Gasteiger partial charge in [-0.2, -0.15) is 0 Å². The first-order chi connectivity index (χ1) is 12.9. The highest BCUT2D eigenvalue weighted by Gasteiger charge is 2.19. The molecule has 0 fully saturated rings. The van der Waals surface area contributed by atoms with Gasteiger partial charge in [0.1, 0.15) is 11.6 Å². The van der Waals surface area contributed by atoms with Crippen molar-refractivity contribution in [2.24, 2.45) is 0 Å². The number of ether oxygens (including phenoxy) is 2. The van der Waals surface area contributed by atoms with Gasteiger partial charge in [-0.15, -0.1) is 10.2 Å². The highest BCUT2D eigenvalue weighted by Crippen LogP contribution is 2.23. The average Bonchev–Trinajstić information content (AvgIpc) is 3.14. The molecule has 0 spiro atoms. The summed E-state index contributed by atoms with van der Waals surface area (Å²) in [5, 5.41) is 7.78. The summed E-state index contributed by atoms with van der Waals surface area (Å²) < 4.78 is 29.3. The third kappa shape index (κ3) is 4.49. The van der Waals surface area contributed by atoms with Gasteiger partial charge < -0.3 is 13.9 Å². The summed E-state index contributed by atoms with van der Waals surface area (Å²) in [6.07, 6.45) is -0.735. The molecule has 0 amide bonds. The molecule has 0 N–H and O–H groups in total. The third-order valence-corrected chi connectivity index (χ3v) is 4.09. The molecule has 0 radical (unpaired) electrons. The van der Waals surface area contributed by atoms with Crippen LogP contribution in [0.1, 0.15) is 30.0 Å². The number of benzene rings is 2. The summed E-state index contributed by atoms with van der Waals surface area (Å²) in [6, 6.07) is 11.3. The lowest BCUT2D eigenvalue weighted by Gasteiger charge is -2.12. The van der Waals surface area contributed by atoms with Crippen molar-refractivity contribution in [3.8, 4) is 17.2 Å². The maximum atomic E-state index is 13.0. The van der Waals surface area contributed by atoms with Crippen LogP contribution in [-0.4, -0.2) is 22.8 Å². The molecule has 27 heavy (non-hydrogen) atoms. The van der Waals surface area contributed by atoms with E-state index in [4.69, 9.17) is 13.9 Å². The fraction of sp³-hybridized carbons (Fsp3) is 0.250. The van der Waals surface area contributed by atoms with Crippen molar-refractivity contribution in [1.82, 2.24) is 10.2 Å². The van der Waals surface area contributed by atoms with Gasteiger partial charge in [-0.3, -0.25) is 0 Å². The molecular formula is C20H19FN2O4. The number of hydrogen-bond donors (Lipinski definition) is 0. The maximum Gasteiger partial charge on any atom is 0.344 e. The Morgan fingerprint density at radius 1 is 1.15 bits per heavy atom. The zero-order valence-corrected chi connectivity index (χ0v) is 15.2. The van der Waals surface area contributed by atoms with Crippen molar-refractivity contribution < 1.29 is 23.1 Å². The molecule has 1 atom stereocenters. The summed E-state index contributed by atoms with van der Waals surface area (Å²) in [6.45, 7) is 5.29. The summed E-state index contributed by atoms with van der Waals surface area (Å²) in [7, 11) is 0. The lowest BCUT2D eigenvalue weighted by molar-refractivity contribution is -0.152. The highest BCUT2D eigenvalue weighted by atomic mass is 19.1. The van der Waals surface area contributed by atoms with Crippen LogP contribution in [0.3, 0.4) is 0 Å². The Morgan fingerprint density at radius 3 is 2.63 bits per heavy atom. The number of rotatable bonds is 6. The van der Waals surface area contributed by atoms with Crippen molar-refractivity contribution in [2.45, 2.75) is 26.9 Å². The average molecular weight is 370 g/mol. The summed E-state index contributed by atoms with van der Waals surface area (Å²) in [4.78, 5) is 12.0. The van der Waals surface area contributed by atoms with Crippen LogP contribution in [0.15, 0.2) is 46.9 Å². The smallest absolute Gasteiger partial charge is 0.344 e. The molecule has 6 nitrogen and oxygen atoms in total. The van der Waals surface area contributed by atoms with E-state index in [1.54, 1.807) is 13.0 Å². The van der Waals surface area contributed by atoms with Gasteiger partial charge in [-0.25, -0.2) is 9.18 Å². The van der Waals surface area contributed by atoms with Crippen LogP contribution in [0, 0.1) is 19.7 Å². The van der Waals surface area contributed by atoms with Crippen LogP contribution in [0.2, 0.25) is 0 Å². The number of aryl methyl sites for hydroxylation is 1. The number of aromatic nitrogens is 2. The zero-order chi connectivity index (χ0) is 19.4. The number of nitrogens with zero attached hydrogens (tertiary/aromatic N) is 2. The first-order valence-electron chi connectivity index (χ1n) is 8.42. The highest BCUT2D eigenvalue weighted by molar-refractivity contribution is 5.71. The molecule has 3 rings (SSSR count). The first kappa shape index (κ1) is 18.6. The number of carbonyl (C=O) groups is 1. The predicted octanol–water partition coefficient (Wildman–Crippen LogP) is 4.18. The summed E-state index contributed by atoms with van der Waals surface area (Å²) in [5.41, 5.74) is 2.62. The lowest BCUT2D eigenvalue weighted by atomic mass is 10.1. The van der Waals surface area contributed by atoms with Crippen LogP contribution < -0.4 is 4.74 Å². The van der Waals surface area contributed by atoms with Crippen molar-refractivity contribution >= 4 is 5.97 Å². The Bertz CT molecular complexity index is 937. The number of carbonyl (C=O) groups excluding carboxylic acids is 1. The van der Waals surface area contributed by atoms with Gasteiger partial charge in [0, 0.05) is 5.56 Å². The van der Waals surface area contributed by atoms with Gasteiger partial charge in [-0.1, -0.05) is 12.1 Å². The van der Waals surface area contributed by atoms with E-state index in [0.29, 0.717) is 11.3 Å².